The van der Waals surface area contributed by atoms with Gasteiger partial charge in [0.15, 0.2) is 5.69 Å². The Morgan fingerprint density at radius 2 is 1.44 bits per heavy atom. The molecule has 0 spiro atoms. The minimum atomic E-state index is -0.690. The number of esters is 1. The Labute approximate surface area is 198 Å². The van der Waals surface area contributed by atoms with Crippen LogP contribution in [0.2, 0.25) is 0 Å². The number of ether oxygens (including phenoxy) is 1. The summed E-state index contributed by atoms with van der Waals surface area (Å²) in [5.74, 6) is -1.03. The molecule has 0 saturated heterocycles. The first kappa shape index (κ1) is 27.3. The second-order valence-corrected chi connectivity index (χ2v) is 40.5. The molecule has 0 aliphatic heterocycles. The van der Waals surface area contributed by atoms with E-state index in [0.29, 0.717) is 5.56 Å². The zero-order valence-electron chi connectivity index (χ0n) is 16.3. The standard InChI is InChI=1S/C15H17N3O3.C2H6.3HI.V/c1-7-6-11(10(4)9(3)8(7)2)14(19)12-13(15(20)21-5)17-18-16-12;1-2;;;;/h6H,1-5H3,(H,16,17,18);1-2H3;3*1H;/q;;;;;+3/p-3. The number of hydrogen-bond donors (Lipinski definition) is 1. The number of aromatic amines is 1. The van der Waals surface area contributed by atoms with E-state index in [4.69, 9.17) is 0 Å². The number of benzene rings is 1. The summed E-state index contributed by atoms with van der Waals surface area (Å²) in [6.45, 7) is 11.8. The van der Waals surface area contributed by atoms with Gasteiger partial charge in [0.1, 0.15) is 0 Å². The molecule has 27 heavy (non-hydrogen) atoms. The van der Waals surface area contributed by atoms with Crippen molar-refractivity contribution in [3.05, 3.63) is 45.3 Å². The van der Waals surface area contributed by atoms with Crippen LogP contribution in [0.25, 0.3) is 0 Å². The van der Waals surface area contributed by atoms with Gasteiger partial charge in [-0.1, -0.05) is 13.8 Å². The molecule has 10 heteroatoms. The van der Waals surface area contributed by atoms with Crippen LogP contribution in [0.4, 0.5) is 0 Å². The Morgan fingerprint density at radius 3 is 1.93 bits per heavy atom. The molecule has 0 unspecified atom stereocenters. The zero-order valence-corrected chi connectivity index (χ0v) is 24.1. The van der Waals surface area contributed by atoms with Crippen LogP contribution in [-0.2, 0) is 9.66 Å². The number of hydrogen-bond acceptors (Lipinski definition) is 5. The third-order valence-corrected chi connectivity index (χ3v) is 3.87. The number of ketones is 1. The number of halogens is 3. The van der Waals surface area contributed by atoms with E-state index in [2.05, 4.69) is 80.1 Å². The molecule has 0 fully saturated rings. The van der Waals surface area contributed by atoms with Crippen LogP contribution in [0.3, 0.4) is 0 Å². The van der Waals surface area contributed by atoms with E-state index >= 15 is 0 Å². The Kier molecular flexibility index (Phi) is 13.6. The number of nitrogens with one attached hydrogen (secondary N) is 1. The normalized spacial score (nSPS) is 9.74. The molecule has 1 N–H and O–H groups in total. The molecule has 1 aromatic heterocycles. The van der Waals surface area contributed by atoms with E-state index in [1.165, 1.54) is 7.11 Å². The topological polar surface area (TPSA) is 84.9 Å². The summed E-state index contributed by atoms with van der Waals surface area (Å²) in [4.78, 5) is 24.0. The van der Waals surface area contributed by atoms with Gasteiger partial charge >= 0.3 is 70.8 Å². The van der Waals surface area contributed by atoms with E-state index in [0.717, 1.165) is 22.3 Å². The number of carbonyl (C=O) groups is 2. The molecule has 2 rings (SSSR count). The number of nitrogens with zero attached hydrogens (tertiary/aromatic N) is 2. The predicted molar refractivity (Wildman–Crippen MR) is 130 cm³/mol. The third kappa shape index (κ3) is 7.90. The summed E-state index contributed by atoms with van der Waals surface area (Å²) >= 11 is 7.39. The number of aryl methyl sites for hydroxylation is 1. The van der Waals surface area contributed by atoms with Gasteiger partial charge in [0.05, 0.1) is 7.11 Å². The number of aromatic nitrogens is 3. The molecule has 1 heterocycles. The molecular weight excluding hydrogens is 726 g/mol. The molecule has 0 radical (unpaired) electrons. The van der Waals surface area contributed by atoms with Crippen molar-refractivity contribution in [3.63, 3.8) is 0 Å². The second kappa shape index (κ2) is 13.5. The van der Waals surface area contributed by atoms with E-state index in [1.807, 2.05) is 47.6 Å². The molecule has 0 aliphatic carbocycles. The van der Waals surface area contributed by atoms with Gasteiger partial charge in [-0.05, 0) is 56.0 Å². The van der Waals surface area contributed by atoms with Crippen LogP contribution in [0.1, 0.15) is 62.6 Å². The first-order chi connectivity index (χ1) is 12.6. The van der Waals surface area contributed by atoms with Gasteiger partial charge in [-0.25, -0.2) is 4.79 Å². The summed E-state index contributed by atoms with van der Waals surface area (Å²) in [7, 11) is 1.23. The van der Waals surface area contributed by atoms with Crippen molar-refractivity contribution in [1.82, 2.24) is 15.4 Å². The van der Waals surface area contributed by atoms with Crippen molar-refractivity contribution in [1.29, 1.82) is 0 Å². The SMILES string of the molecule is CC.COC(=O)c1n[nH]nc1C(=O)c1cc(C)c(C)c(C)c1C.[I][V]([I])[I]. The van der Waals surface area contributed by atoms with Crippen LogP contribution in [-0.4, -0.2) is 34.3 Å². The van der Waals surface area contributed by atoms with Crippen molar-refractivity contribution < 1.29 is 19.2 Å². The number of methoxy groups -OCH3 is 1. The fourth-order valence-electron chi connectivity index (χ4n) is 2.20. The van der Waals surface area contributed by atoms with Crippen molar-refractivity contribution in [2.24, 2.45) is 0 Å². The monoisotopic (exact) mass is 749 g/mol. The molecule has 6 nitrogen and oxygen atoms in total. The Hall–Kier alpha value is 0.274. The first-order valence-electron chi connectivity index (χ1n) is 8.00. The van der Waals surface area contributed by atoms with Crippen molar-refractivity contribution >= 4 is 71.7 Å². The molecule has 0 bridgehead atoms. The fraction of sp³-hybridized carbons (Fsp3) is 0.412. The summed E-state index contributed by atoms with van der Waals surface area (Å²) in [5.41, 5.74) is 4.50. The van der Waals surface area contributed by atoms with Crippen LogP contribution < -0.4 is 0 Å². The van der Waals surface area contributed by atoms with E-state index in [-0.39, 0.29) is 22.1 Å². The second-order valence-electron chi connectivity index (χ2n) is 5.15. The van der Waals surface area contributed by atoms with Gasteiger partial charge < -0.3 is 4.74 Å². The summed E-state index contributed by atoms with van der Waals surface area (Å²) in [6, 6.07) is 1.82. The third-order valence-electron chi connectivity index (χ3n) is 3.87. The summed E-state index contributed by atoms with van der Waals surface area (Å²) in [6.07, 6.45) is 0. The van der Waals surface area contributed by atoms with Crippen LogP contribution in [0.15, 0.2) is 6.07 Å². The Bertz CT molecular complexity index is 792. The maximum atomic E-state index is 12.7. The van der Waals surface area contributed by atoms with Crippen LogP contribution in [0, 0.1) is 27.7 Å². The summed E-state index contributed by atoms with van der Waals surface area (Å²) in [5, 5.41) is 9.79. The van der Waals surface area contributed by atoms with Crippen LogP contribution in [0.5, 0.6) is 0 Å². The minimum absolute atomic E-state index is 0.0207. The van der Waals surface area contributed by atoms with Gasteiger partial charge in [-0.15, -0.1) is 5.10 Å². The maximum absolute atomic E-state index is 12.7. The van der Waals surface area contributed by atoms with E-state index < -0.39 is 5.97 Å². The van der Waals surface area contributed by atoms with Gasteiger partial charge in [-0.3, -0.25) is 4.79 Å². The van der Waals surface area contributed by atoms with Crippen molar-refractivity contribution in [2.75, 3.05) is 7.11 Å². The number of rotatable bonds is 3. The molecule has 0 atom stereocenters. The molecule has 0 aliphatic rings. The van der Waals surface area contributed by atoms with Crippen molar-refractivity contribution in [3.8, 4) is 0 Å². The molecule has 1 aromatic carbocycles. The molecule has 0 saturated carbocycles. The zero-order chi connectivity index (χ0) is 21.3. The molecule has 2 aromatic rings. The molecule has 150 valence electrons. The average molecular weight is 749 g/mol. The molecule has 0 amide bonds. The predicted octanol–water partition coefficient (Wildman–Crippen LogP) is 5.74. The quantitative estimate of drug-likeness (QED) is 0.246. The van der Waals surface area contributed by atoms with Gasteiger partial charge in [0.2, 0.25) is 11.5 Å². The van der Waals surface area contributed by atoms with Crippen molar-refractivity contribution in [2.45, 2.75) is 41.5 Å². The number of carbonyl (C=O) groups excluding carboxylic acids is 2. The average Bonchev–Trinajstić information content (AvgIpc) is 3.12. The van der Waals surface area contributed by atoms with E-state index in [9.17, 15) is 9.59 Å². The summed E-state index contributed by atoms with van der Waals surface area (Å²) < 4.78 is 4.60. The van der Waals surface area contributed by atoms with Gasteiger partial charge in [-0.2, -0.15) is 10.3 Å². The Balaban J connectivity index is 0.000000998. The van der Waals surface area contributed by atoms with Gasteiger partial charge in [0, 0.05) is 5.56 Å². The fourth-order valence-corrected chi connectivity index (χ4v) is 2.20. The Morgan fingerprint density at radius 1 is 0.963 bits per heavy atom. The number of H-pyrrole nitrogens is 1. The van der Waals surface area contributed by atoms with Crippen LogP contribution >= 0.6 is 59.9 Å². The van der Waals surface area contributed by atoms with E-state index in [1.54, 1.807) is 0 Å². The first-order valence-corrected chi connectivity index (χ1v) is 21.5. The van der Waals surface area contributed by atoms with Gasteiger partial charge in [0.25, 0.3) is 0 Å². The molecular formula is C17H23I3N3O3V.